The van der Waals surface area contributed by atoms with E-state index in [4.69, 9.17) is 0 Å². The highest BCUT2D eigenvalue weighted by atomic mass is 32.2. The molecule has 1 unspecified atom stereocenters. The van der Waals surface area contributed by atoms with Crippen LogP contribution in [0, 0.1) is 17.0 Å². The Morgan fingerprint density at radius 2 is 2.00 bits per heavy atom. The van der Waals surface area contributed by atoms with E-state index in [1.165, 1.54) is 34.9 Å². The van der Waals surface area contributed by atoms with Crippen LogP contribution in [0.4, 0.5) is 11.4 Å². The van der Waals surface area contributed by atoms with Gasteiger partial charge in [-0.3, -0.25) is 19.7 Å². The van der Waals surface area contributed by atoms with Gasteiger partial charge in [0.1, 0.15) is 6.04 Å². The molecule has 144 valence electrons. The molecule has 2 amide bonds. The number of benzene rings is 2. The summed E-state index contributed by atoms with van der Waals surface area (Å²) in [5.74, 6) is 0.491. The van der Waals surface area contributed by atoms with Gasteiger partial charge < -0.3 is 10.2 Å². The molecule has 1 aliphatic heterocycles. The van der Waals surface area contributed by atoms with Gasteiger partial charge in [-0.1, -0.05) is 12.1 Å². The maximum absolute atomic E-state index is 12.6. The lowest BCUT2D eigenvalue weighted by Gasteiger charge is -2.21. The predicted octanol–water partition coefficient (Wildman–Crippen LogP) is 3.46. The SMILES string of the molecule is Cc1cccc(NC(=O)C2CSCN2C(=O)/C=C/c2ccc([N+](=O)[O-])cc2)c1. The first-order valence-corrected chi connectivity index (χ1v) is 9.78. The van der Waals surface area contributed by atoms with E-state index in [1.807, 2.05) is 31.2 Å². The summed E-state index contributed by atoms with van der Waals surface area (Å²) in [5.41, 5.74) is 2.41. The van der Waals surface area contributed by atoms with Crippen LogP contribution in [0.5, 0.6) is 0 Å². The molecule has 1 saturated heterocycles. The summed E-state index contributed by atoms with van der Waals surface area (Å²) in [6.07, 6.45) is 2.98. The van der Waals surface area contributed by atoms with Gasteiger partial charge in [0, 0.05) is 29.6 Å². The van der Waals surface area contributed by atoms with Crippen molar-refractivity contribution in [1.82, 2.24) is 4.90 Å². The monoisotopic (exact) mass is 397 g/mol. The normalized spacial score (nSPS) is 16.3. The fourth-order valence-corrected chi connectivity index (χ4v) is 3.96. The van der Waals surface area contributed by atoms with Crippen LogP contribution in [0.2, 0.25) is 0 Å². The second-order valence-electron chi connectivity index (χ2n) is 6.36. The molecular weight excluding hydrogens is 378 g/mol. The van der Waals surface area contributed by atoms with Crippen LogP contribution in [0.15, 0.2) is 54.6 Å². The molecule has 0 aliphatic carbocycles. The van der Waals surface area contributed by atoms with E-state index in [2.05, 4.69) is 5.32 Å². The number of rotatable bonds is 5. The number of hydrogen-bond donors (Lipinski definition) is 1. The van der Waals surface area contributed by atoms with Gasteiger partial charge in [-0.05, 0) is 48.4 Å². The Kier molecular flexibility index (Phi) is 6.10. The van der Waals surface area contributed by atoms with Crippen molar-refractivity contribution >= 4 is 41.0 Å². The maximum atomic E-state index is 12.6. The number of aryl methyl sites for hydroxylation is 1. The van der Waals surface area contributed by atoms with Crippen molar-refractivity contribution in [1.29, 1.82) is 0 Å². The number of non-ortho nitro benzene ring substituents is 1. The molecule has 7 nitrogen and oxygen atoms in total. The summed E-state index contributed by atoms with van der Waals surface area (Å²) in [7, 11) is 0. The fourth-order valence-electron chi connectivity index (χ4n) is 2.80. The van der Waals surface area contributed by atoms with Gasteiger partial charge in [0.05, 0.1) is 10.8 Å². The lowest BCUT2D eigenvalue weighted by molar-refractivity contribution is -0.384. The zero-order valence-electron chi connectivity index (χ0n) is 15.2. The van der Waals surface area contributed by atoms with Gasteiger partial charge in [-0.15, -0.1) is 11.8 Å². The number of anilines is 1. The second kappa shape index (κ2) is 8.71. The lowest BCUT2D eigenvalue weighted by atomic mass is 10.2. The molecule has 2 aromatic carbocycles. The highest BCUT2D eigenvalue weighted by Gasteiger charge is 2.33. The van der Waals surface area contributed by atoms with Crippen molar-refractivity contribution in [2.24, 2.45) is 0 Å². The number of amides is 2. The Hall–Kier alpha value is -3.13. The first-order chi connectivity index (χ1) is 13.4. The molecular formula is C20H19N3O4S. The quantitative estimate of drug-likeness (QED) is 0.474. The Morgan fingerprint density at radius 3 is 2.68 bits per heavy atom. The van der Waals surface area contributed by atoms with E-state index in [-0.39, 0.29) is 17.5 Å². The van der Waals surface area contributed by atoms with Crippen LogP contribution in [0.3, 0.4) is 0 Å². The molecule has 3 rings (SSSR count). The molecule has 0 aromatic heterocycles. The van der Waals surface area contributed by atoms with Crippen LogP contribution in [0.25, 0.3) is 6.08 Å². The van der Waals surface area contributed by atoms with Gasteiger partial charge in [-0.2, -0.15) is 0 Å². The molecule has 1 fully saturated rings. The van der Waals surface area contributed by atoms with E-state index >= 15 is 0 Å². The summed E-state index contributed by atoms with van der Waals surface area (Å²) in [5, 5.41) is 13.6. The van der Waals surface area contributed by atoms with E-state index in [1.54, 1.807) is 18.2 Å². The second-order valence-corrected chi connectivity index (χ2v) is 7.36. The minimum Gasteiger partial charge on any atom is -0.324 e. The molecule has 2 aromatic rings. The summed E-state index contributed by atoms with van der Waals surface area (Å²) in [6.45, 7) is 1.94. The lowest BCUT2D eigenvalue weighted by Crippen LogP contribution is -2.43. The molecule has 28 heavy (non-hydrogen) atoms. The average Bonchev–Trinajstić information content (AvgIpc) is 3.16. The van der Waals surface area contributed by atoms with Crippen molar-refractivity contribution < 1.29 is 14.5 Å². The molecule has 0 radical (unpaired) electrons. The third kappa shape index (κ3) is 4.77. The Balaban J connectivity index is 1.65. The molecule has 1 atom stereocenters. The molecule has 1 N–H and O–H groups in total. The maximum Gasteiger partial charge on any atom is 0.269 e. The standard InChI is InChI=1S/C20H19N3O4S/c1-14-3-2-4-16(11-14)21-20(25)18-12-28-13-22(18)19(24)10-7-15-5-8-17(9-6-15)23(26)27/h2-11,18H,12-13H2,1H3,(H,21,25)/b10-7+. The number of carbonyl (C=O) groups excluding carboxylic acids is 2. The van der Waals surface area contributed by atoms with Crippen LogP contribution >= 0.6 is 11.8 Å². The minimum atomic E-state index is -0.542. The Labute approximate surface area is 166 Å². The summed E-state index contributed by atoms with van der Waals surface area (Å²) >= 11 is 1.52. The third-order valence-corrected chi connectivity index (χ3v) is 5.29. The largest absolute Gasteiger partial charge is 0.324 e. The van der Waals surface area contributed by atoms with Gasteiger partial charge in [0.15, 0.2) is 0 Å². The Morgan fingerprint density at radius 1 is 1.25 bits per heavy atom. The first-order valence-electron chi connectivity index (χ1n) is 8.62. The van der Waals surface area contributed by atoms with Crippen molar-refractivity contribution in [3.05, 3.63) is 75.8 Å². The van der Waals surface area contributed by atoms with E-state index in [0.29, 0.717) is 22.9 Å². The molecule has 0 spiro atoms. The average molecular weight is 397 g/mol. The van der Waals surface area contributed by atoms with Crippen molar-refractivity contribution in [3.8, 4) is 0 Å². The third-order valence-electron chi connectivity index (χ3n) is 4.28. The van der Waals surface area contributed by atoms with E-state index in [9.17, 15) is 19.7 Å². The first kappa shape index (κ1) is 19.6. The van der Waals surface area contributed by atoms with E-state index < -0.39 is 11.0 Å². The highest BCUT2D eigenvalue weighted by Crippen LogP contribution is 2.23. The zero-order valence-corrected chi connectivity index (χ0v) is 16.0. The van der Waals surface area contributed by atoms with Crippen LogP contribution < -0.4 is 5.32 Å². The molecule has 0 saturated carbocycles. The van der Waals surface area contributed by atoms with Crippen LogP contribution in [-0.2, 0) is 9.59 Å². The molecule has 8 heteroatoms. The summed E-state index contributed by atoms with van der Waals surface area (Å²) < 4.78 is 0. The number of carbonyl (C=O) groups is 2. The van der Waals surface area contributed by atoms with Crippen molar-refractivity contribution in [2.75, 3.05) is 16.9 Å². The topological polar surface area (TPSA) is 92.6 Å². The fraction of sp³-hybridized carbons (Fsp3) is 0.200. The molecule has 0 bridgehead atoms. The smallest absolute Gasteiger partial charge is 0.269 e. The van der Waals surface area contributed by atoms with Gasteiger partial charge in [0.2, 0.25) is 11.8 Å². The van der Waals surface area contributed by atoms with Gasteiger partial charge in [0.25, 0.3) is 5.69 Å². The number of nitro benzene ring substituents is 1. The van der Waals surface area contributed by atoms with Crippen LogP contribution in [0.1, 0.15) is 11.1 Å². The summed E-state index contributed by atoms with van der Waals surface area (Å²) in [4.78, 5) is 36.9. The molecule has 1 aliphatic rings. The molecule has 1 heterocycles. The number of hydrogen-bond acceptors (Lipinski definition) is 5. The van der Waals surface area contributed by atoms with Gasteiger partial charge >= 0.3 is 0 Å². The predicted molar refractivity (Wildman–Crippen MR) is 110 cm³/mol. The van der Waals surface area contributed by atoms with Crippen molar-refractivity contribution in [3.63, 3.8) is 0 Å². The number of thioether (sulfide) groups is 1. The summed E-state index contributed by atoms with van der Waals surface area (Å²) in [6, 6.07) is 12.9. The number of nitro groups is 1. The zero-order chi connectivity index (χ0) is 20.1. The highest BCUT2D eigenvalue weighted by molar-refractivity contribution is 7.99. The van der Waals surface area contributed by atoms with Gasteiger partial charge in [-0.25, -0.2) is 0 Å². The number of nitrogens with zero attached hydrogens (tertiary/aromatic N) is 2. The van der Waals surface area contributed by atoms with E-state index in [0.717, 1.165) is 5.56 Å². The van der Waals surface area contributed by atoms with Crippen molar-refractivity contribution in [2.45, 2.75) is 13.0 Å². The van der Waals surface area contributed by atoms with Crippen LogP contribution in [-0.4, -0.2) is 39.3 Å². The minimum absolute atomic E-state index is 0.00713. The number of nitrogens with one attached hydrogen (secondary N) is 1. The Bertz CT molecular complexity index is 927.